The van der Waals surface area contributed by atoms with Crippen LogP contribution < -0.4 is 10.2 Å². The summed E-state index contributed by atoms with van der Waals surface area (Å²) in [6.07, 6.45) is 0. The summed E-state index contributed by atoms with van der Waals surface area (Å²) in [5.74, 6) is 0. The van der Waals surface area contributed by atoms with E-state index in [2.05, 4.69) is 47.5 Å². The monoisotopic (exact) mass is 323 g/mol. The van der Waals surface area contributed by atoms with Crippen LogP contribution in [0.5, 0.6) is 0 Å². The van der Waals surface area contributed by atoms with Crippen molar-refractivity contribution in [1.82, 2.24) is 4.90 Å². The second-order valence-corrected chi connectivity index (χ2v) is 6.56. The first-order chi connectivity index (χ1) is 11.5. The highest BCUT2D eigenvalue weighted by atomic mass is 16.2. The van der Waals surface area contributed by atoms with Crippen molar-refractivity contribution in [3.63, 3.8) is 0 Å². The van der Waals surface area contributed by atoms with Crippen LogP contribution in [-0.4, -0.2) is 37.1 Å². The average Bonchev–Trinajstić information content (AvgIpc) is 2.58. The Kier molecular flexibility index (Phi) is 4.74. The number of carbonyl (C=O) groups is 1. The highest BCUT2D eigenvalue weighted by Gasteiger charge is 2.21. The number of nitrogens with zero attached hydrogens (tertiary/aromatic N) is 2. The van der Waals surface area contributed by atoms with E-state index in [-0.39, 0.29) is 6.03 Å². The summed E-state index contributed by atoms with van der Waals surface area (Å²) in [6, 6.07) is 14.7. The number of piperazine rings is 1. The molecule has 0 aromatic heterocycles. The first-order valence-corrected chi connectivity index (χ1v) is 8.48. The number of urea groups is 1. The van der Waals surface area contributed by atoms with Crippen LogP contribution in [0.2, 0.25) is 0 Å². The summed E-state index contributed by atoms with van der Waals surface area (Å²) in [4.78, 5) is 16.8. The maximum absolute atomic E-state index is 12.5. The van der Waals surface area contributed by atoms with E-state index >= 15 is 0 Å². The molecule has 2 aromatic carbocycles. The topological polar surface area (TPSA) is 35.6 Å². The third-order valence-corrected chi connectivity index (χ3v) is 4.57. The number of amides is 2. The Morgan fingerprint density at radius 1 is 0.917 bits per heavy atom. The predicted molar refractivity (Wildman–Crippen MR) is 99.9 cm³/mol. The zero-order valence-electron chi connectivity index (χ0n) is 14.7. The minimum Gasteiger partial charge on any atom is -0.368 e. The van der Waals surface area contributed by atoms with Crippen molar-refractivity contribution in [2.45, 2.75) is 20.8 Å². The van der Waals surface area contributed by atoms with Gasteiger partial charge in [0, 0.05) is 37.6 Å². The van der Waals surface area contributed by atoms with Gasteiger partial charge in [-0.2, -0.15) is 0 Å². The van der Waals surface area contributed by atoms with E-state index in [9.17, 15) is 4.79 Å². The molecule has 0 spiro atoms. The van der Waals surface area contributed by atoms with Gasteiger partial charge in [-0.1, -0.05) is 24.3 Å². The number of hydrogen-bond donors (Lipinski definition) is 1. The second kappa shape index (κ2) is 6.95. The fraction of sp³-hybridized carbons (Fsp3) is 0.350. The minimum atomic E-state index is -0.00686. The zero-order chi connectivity index (χ0) is 17.1. The van der Waals surface area contributed by atoms with Crippen molar-refractivity contribution >= 4 is 17.4 Å². The molecule has 1 heterocycles. The SMILES string of the molecule is Cc1cccc(N2CCN(C(=O)Nc3cc(C)ccc3C)CC2)c1. The normalized spacial score (nSPS) is 14.6. The van der Waals surface area contributed by atoms with Gasteiger partial charge in [-0.3, -0.25) is 0 Å². The lowest BCUT2D eigenvalue weighted by atomic mass is 10.1. The van der Waals surface area contributed by atoms with Crippen LogP contribution in [0.4, 0.5) is 16.2 Å². The molecule has 0 aliphatic carbocycles. The Morgan fingerprint density at radius 3 is 2.33 bits per heavy atom. The number of aryl methyl sites for hydroxylation is 3. The zero-order valence-corrected chi connectivity index (χ0v) is 14.7. The van der Waals surface area contributed by atoms with Crippen LogP contribution in [0.1, 0.15) is 16.7 Å². The molecule has 24 heavy (non-hydrogen) atoms. The van der Waals surface area contributed by atoms with E-state index in [4.69, 9.17) is 0 Å². The van der Waals surface area contributed by atoms with E-state index in [0.717, 1.165) is 43.0 Å². The number of hydrogen-bond acceptors (Lipinski definition) is 2. The Bertz CT molecular complexity index is 733. The van der Waals surface area contributed by atoms with E-state index < -0.39 is 0 Å². The van der Waals surface area contributed by atoms with E-state index in [1.807, 2.05) is 30.9 Å². The Balaban J connectivity index is 1.60. The smallest absolute Gasteiger partial charge is 0.321 e. The first-order valence-electron chi connectivity index (χ1n) is 8.48. The first kappa shape index (κ1) is 16.4. The summed E-state index contributed by atoms with van der Waals surface area (Å²) < 4.78 is 0. The van der Waals surface area contributed by atoms with Crippen LogP contribution in [-0.2, 0) is 0 Å². The van der Waals surface area contributed by atoms with E-state index in [1.54, 1.807) is 0 Å². The van der Waals surface area contributed by atoms with Gasteiger partial charge in [0.25, 0.3) is 0 Å². The molecule has 3 rings (SSSR count). The number of rotatable bonds is 2. The van der Waals surface area contributed by atoms with Gasteiger partial charge < -0.3 is 15.1 Å². The molecule has 1 fully saturated rings. The van der Waals surface area contributed by atoms with Crippen LogP contribution >= 0.6 is 0 Å². The lowest BCUT2D eigenvalue weighted by molar-refractivity contribution is 0.208. The molecule has 2 aromatic rings. The van der Waals surface area contributed by atoms with Crippen LogP contribution in [0.3, 0.4) is 0 Å². The molecule has 1 N–H and O–H groups in total. The maximum atomic E-state index is 12.5. The summed E-state index contributed by atoms with van der Waals surface area (Å²) >= 11 is 0. The molecule has 0 saturated carbocycles. The molecule has 126 valence electrons. The Morgan fingerprint density at radius 2 is 1.62 bits per heavy atom. The standard InChI is InChI=1S/C20H25N3O/c1-15-5-4-6-18(13-15)22-9-11-23(12-10-22)20(24)21-19-14-16(2)7-8-17(19)3/h4-8,13-14H,9-12H2,1-3H3,(H,21,24). The van der Waals surface area contributed by atoms with Gasteiger partial charge in [-0.05, 0) is 55.7 Å². The van der Waals surface area contributed by atoms with Gasteiger partial charge in [0.15, 0.2) is 0 Å². The van der Waals surface area contributed by atoms with Crippen molar-refractivity contribution in [2.24, 2.45) is 0 Å². The fourth-order valence-electron chi connectivity index (χ4n) is 3.06. The average molecular weight is 323 g/mol. The molecule has 2 amide bonds. The highest BCUT2D eigenvalue weighted by molar-refractivity contribution is 5.90. The summed E-state index contributed by atoms with van der Waals surface area (Å²) in [7, 11) is 0. The van der Waals surface area contributed by atoms with Crippen molar-refractivity contribution in [2.75, 3.05) is 36.4 Å². The minimum absolute atomic E-state index is 0.00686. The van der Waals surface area contributed by atoms with Crippen LogP contribution in [0, 0.1) is 20.8 Å². The molecule has 0 bridgehead atoms. The Hall–Kier alpha value is -2.49. The maximum Gasteiger partial charge on any atom is 0.321 e. The summed E-state index contributed by atoms with van der Waals surface area (Å²) in [5, 5.41) is 3.05. The lowest BCUT2D eigenvalue weighted by Gasteiger charge is -2.36. The second-order valence-electron chi connectivity index (χ2n) is 6.56. The third-order valence-electron chi connectivity index (χ3n) is 4.57. The van der Waals surface area contributed by atoms with Crippen molar-refractivity contribution in [3.8, 4) is 0 Å². The lowest BCUT2D eigenvalue weighted by Crippen LogP contribution is -2.50. The molecular formula is C20H25N3O. The largest absolute Gasteiger partial charge is 0.368 e. The highest BCUT2D eigenvalue weighted by Crippen LogP contribution is 2.20. The molecule has 0 atom stereocenters. The molecule has 4 heteroatoms. The van der Waals surface area contributed by atoms with Crippen molar-refractivity contribution in [3.05, 3.63) is 59.2 Å². The summed E-state index contributed by atoms with van der Waals surface area (Å²) in [6.45, 7) is 9.38. The van der Waals surface area contributed by atoms with Gasteiger partial charge >= 0.3 is 6.03 Å². The van der Waals surface area contributed by atoms with Gasteiger partial charge in [-0.15, -0.1) is 0 Å². The number of benzene rings is 2. The number of carbonyl (C=O) groups excluding carboxylic acids is 1. The number of nitrogens with one attached hydrogen (secondary N) is 1. The van der Waals surface area contributed by atoms with Gasteiger partial charge in [0.05, 0.1) is 0 Å². The molecule has 1 aliphatic heterocycles. The molecular weight excluding hydrogens is 298 g/mol. The van der Waals surface area contributed by atoms with E-state index in [0.29, 0.717) is 0 Å². The Labute approximate surface area is 144 Å². The molecule has 0 unspecified atom stereocenters. The van der Waals surface area contributed by atoms with Crippen molar-refractivity contribution in [1.29, 1.82) is 0 Å². The molecule has 0 radical (unpaired) electrons. The molecule has 1 aliphatic rings. The van der Waals surface area contributed by atoms with Crippen molar-refractivity contribution < 1.29 is 4.79 Å². The number of anilines is 2. The van der Waals surface area contributed by atoms with Crippen LogP contribution in [0.15, 0.2) is 42.5 Å². The molecule has 1 saturated heterocycles. The van der Waals surface area contributed by atoms with Crippen LogP contribution in [0.25, 0.3) is 0 Å². The quantitative estimate of drug-likeness (QED) is 0.908. The molecule has 4 nitrogen and oxygen atoms in total. The van der Waals surface area contributed by atoms with Gasteiger partial charge in [0.1, 0.15) is 0 Å². The third kappa shape index (κ3) is 3.70. The van der Waals surface area contributed by atoms with E-state index in [1.165, 1.54) is 11.3 Å². The summed E-state index contributed by atoms with van der Waals surface area (Å²) in [5.41, 5.74) is 5.65. The fourth-order valence-corrected chi connectivity index (χ4v) is 3.06. The van der Waals surface area contributed by atoms with Gasteiger partial charge in [-0.25, -0.2) is 4.79 Å². The predicted octanol–water partition coefficient (Wildman–Crippen LogP) is 3.97. The van der Waals surface area contributed by atoms with Gasteiger partial charge in [0.2, 0.25) is 0 Å².